The first kappa shape index (κ1) is 10.0. The Bertz CT molecular complexity index is 241. The summed E-state index contributed by atoms with van der Waals surface area (Å²) in [6.07, 6.45) is 3.00. The highest BCUT2D eigenvalue weighted by Gasteiger charge is 2.05. The summed E-state index contributed by atoms with van der Waals surface area (Å²) in [7, 11) is 0. The second kappa shape index (κ2) is 5.55. The van der Waals surface area contributed by atoms with Crippen molar-refractivity contribution in [1.82, 2.24) is 5.32 Å². The number of hydrogen-bond acceptors (Lipinski definition) is 1. The van der Waals surface area contributed by atoms with Gasteiger partial charge in [0, 0.05) is 12.6 Å². The normalized spacial score (nSPS) is 12.4. The number of nitrogens with one attached hydrogen (secondary N) is 1. The van der Waals surface area contributed by atoms with E-state index in [-0.39, 0.29) is 0 Å². The maximum Gasteiger partial charge on any atom is 0.0320 e. The Morgan fingerprint density at radius 2 is 2.08 bits per heavy atom. The lowest BCUT2D eigenvalue weighted by Crippen LogP contribution is -2.20. The van der Waals surface area contributed by atoms with Gasteiger partial charge in [0.1, 0.15) is 0 Å². The highest BCUT2D eigenvalue weighted by atomic mass is 14.9. The molecule has 0 aromatic heterocycles. The van der Waals surface area contributed by atoms with E-state index in [9.17, 15) is 0 Å². The fraction of sp³-hybridized carbons (Fsp3) is 0.333. The van der Waals surface area contributed by atoms with Gasteiger partial charge in [0.2, 0.25) is 0 Å². The minimum Gasteiger partial charge on any atom is -0.306 e. The molecule has 1 aromatic carbocycles. The minimum absolute atomic E-state index is 0.458. The molecule has 0 unspecified atom stereocenters. The van der Waals surface area contributed by atoms with Gasteiger partial charge in [-0.05, 0) is 12.0 Å². The maximum absolute atomic E-state index is 3.70. The number of rotatable bonds is 5. The Hall–Kier alpha value is -1.08. The van der Waals surface area contributed by atoms with Crippen molar-refractivity contribution in [2.45, 2.75) is 19.4 Å². The third-order valence-electron chi connectivity index (χ3n) is 2.12. The largest absolute Gasteiger partial charge is 0.306 e. The van der Waals surface area contributed by atoms with Crippen molar-refractivity contribution in [3.63, 3.8) is 0 Å². The Labute approximate surface area is 80.5 Å². The van der Waals surface area contributed by atoms with Crippen LogP contribution in [0.2, 0.25) is 0 Å². The molecule has 70 valence electrons. The second-order valence-electron chi connectivity index (χ2n) is 3.07. The Morgan fingerprint density at radius 3 is 2.62 bits per heavy atom. The zero-order valence-electron chi connectivity index (χ0n) is 8.16. The van der Waals surface area contributed by atoms with Crippen LogP contribution in [0.3, 0.4) is 0 Å². The monoisotopic (exact) mass is 175 g/mol. The van der Waals surface area contributed by atoms with E-state index in [4.69, 9.17) is 0 Å². The van der Waals surface area contributed by atoms with Gasteiger partial charge in [-0.3, -0.25) is 0 Å². The van der Waals surface area contributed by atoms with Crippen molar-refractivity contribution < 1.29 is 0 Å². The van der Waals surface area contributed by atoms with Crippen molar-refractivity contribution >= 4 is 0 Å². The van der Waals surface area contributed by atoms with Crippen LogP contribution in [0.15, 0.2) is 43.0 Å². The molecule has 0 radical (unpaired) electrons. The fourth-order valence-corrected chi connectivity index (χ4v) is 1.41. The van der Waals surface area contributed by atoms with Gasteiger partial charge in [-0.1, -0.05) is 43.3 Å². The van der Waals surface area contributed by atoms with Gasteiger partial charge in [0.25, 0.3) is 0 Å². The second-order valence-corrected chi connectivity index (χ2v) is 3.07. The Morgan fingerprint density at radius 1 is 1.38 bits per heavy atom. The van der Waals surface area contributed by atoms with Crippen molar-refractivity contribution in [3.05, 3.63) is 48.6 Å². The lowest BCUT2D eigenvalue weighted by molar-refractivity contribution is 0.551. The van der Waals surface area contributed by atoms with E-state index in [0.29, 0.717) is 6.04 Å². The van der Waals surface area contributed by atoms with Gasteiger partial charge in [0.05, 0.1) is 0 Å². The van der Waals surface area contributed by atoms with Crippen LogP contribution in [0.1, 0.15) is 24.9 Å². The van der Waals surface area contributed by atoms with Crippen LogP contribution in [0.5, 0.6) is 0 Å². The minimum atomic E-state index is 0.458. The highest BCUT2D eigenvalue weighted by Crippen LogP contribution is 2.15. The molecule has 0 spiro atoms. The van der Waals surface area contributed by atoms with E-state index in [1.165, 1.54) is 5.56 Å². The third-order valence-corrected chi connectivity index (χ3v) is 2.12. The summed E-state index contributed by atoms with van der Waals surface area (Å²) in [5, 5.41) is 3.42. The van der Waals surface area contributed by atoms with Gasteiger partial charge in [-0.25, -0.2) is 0 Å². The summed E-state index contributed by atoms with van der Waals surface area (Å²) in [5.74, 6) is 0. The zero-order valence-corrected chi connectivity index (χ0v) is 8.16. The first-order chi connectivity index (χ1) is 6.38. The molecule has 1 rings (SSSR count). The summed E-state index contributed by atoms with van der Waals surface area (Å²) in [4.78, 5) is 0. The Balaban J connectivity index is 2.61. The summed E-state index contributed by atoms with van der Waals surface area (Å²) in [6, 6.07) is 11.0. The van der Waals surface area contributed by atoms with E-state index in [2.05, 4.69) is 43.1 Å². The van der Waals surface area contributed by atoms with E-state index in [1.54, 1.807) is 0 Å². The molecule has 0 bridgehead atoms. The predicted octanol–water partition coefficient (Wildman–Crippen LogP) is 2.91. The van der Waals surface area contributed by atoms with Crippen LogP contribution in [-0.2, 0) is 0 Å². The summed E-state index contributed by atoms with van der Waals surface area (Å²) >= 11 is 0. The van der Waals surface area contributed by atoms with Gasteiger partial charge in [-0.2, -0.15) is 0 Å². The average molecular weight is 175 g/mol. The molecular formula is C12H17N. The molecule has 1 N–H and O–H groups in total. The van der Waals surface area contributed by atoms with E-state index >= 15 is 0 Å². The van der Waals surface area contributed by atoms with Crippen LogP contribution >= 0.6 is 0 Å². The van der Waals surface area contributed by atoms with E-state index < -0.39 is 0 Å². The van der Waals surface area contributed by atoms with Gasteiger partial charge in [-0.15, -0.1) is 6.58 Å². The Kier molecular flexibility index (Phi) is 4.27. The molecule has 13 heavy (non-hydrogen) atoms. The van der Waals surface area contributed by atoms with Crippen LogP contribution in [-0.4, -0.2) is 6.54 Å². The van der Waals surface area contributed by atoms with E-state index in [1.807, 2.05) is 12.1 Å². The van der Waals surface area contributed by atoms with Crippen LogP contribution in [0, 0.1) is 0 Å². The first-order valence-corrected chi connectivity index (χ1v) is 4.77. The van der Waals surface area contributed by atoms with Crippen molar-refractivity contribution in [1.29, 1.82) is 0 Å². The van der Waals surface area contributed by atoms with Crippen molar-refractivity contribution in [2.24, 2.45) is 0 Å². The molecule has 0 aliphatic heterocycles. The molecular weight excluding hydrogens is 158 g/mol. The molecule has 0 aliphatic rings. The van der Waals surface area contributed by atoms with Crippen LogP contribution in [0.25, 0.3) is 0 Å². The van der Waals surface area contributed by atoms with Gasteiger partial charge < -0.3 is 5.32 Å². The number of benzene rings is 1. The molecule has 0 saturated heterocycles. The topological polar surface area (TPSA) is 12.0 Å². The fourth-order valence-electron chi connectivity index (χ4n) is 1.41. The smallest absolute Gasteiger partial charge is 0.0320 e. The molecule has 1 aromatic rings. The average Bonchev–Trinajstić information content (AvgIpc) is 2.21. The molecule has 1 heteroatoms. The molecule has 0 fully saturated rings. The van der Waals surface area contributed by atoms with Gasteiger partial charge >= 0.3 is 0 Å². The first-order valence-electron chi connectivity index (χ1n) is 4.77. The molecule has 1 nitrogen and oxygen atoms in total. The predicted molar refractivity (Wildman–Crippen MR) is 57.7 cm³/mol. The lowest BCUT2D eigenvalue weighted by atomic mass is 10.1. The number of hydrogen-bond donors (Lipinski definition) is 1. The summed E-state index contributed by atoms with van der Waals surface area (Å²) in [6.45, 7) is 6.75. The summed E-state index contributed by atoms with van der Waals surface area (Å²) in [5.41, 5.74) is 1.35. The lowest BCUT2D eigenvalue weighted by Gasteiger charge is -2.15. The zero-order chi connectivity index (χ0) is 9.52. The molecule has 0 heterocycles. The molecule has 1 atom stereocenters. The molecule has 0 saturated carbocycles. The van der Waals surface area contributed by atoms with Crippen LogP contribution < -0.4 is 5.32 Å². The summed E-state index contributed by atoms with van der Waals surface area (Å²) < 4.78 is 0. The standard InChI is InChI=1S/C12H17N/c1-3-10-13-12(4-2)11-8-6-5-7-9-11/h3,5-9,12-13H,1,4,10H2,2H3/t12-/m1/s1. The SMILES string of the molecule is C=CCN[C@H](CC)c1ccccc1. The van der Waals surface area contributed by atoms with Gasteiger partial charge in [0.15, 0.2) is 0 Å². The third kappa shape index (κ3) is 3.03. The van der Waals surface area contributed by atoms with E-state index in [0.717, 1.165) is 13.0 Å². The van der Waals surface area contributed by atoms with Crippen molar-refractivity contribution in [3.8, 4) is 0 Å². The van der Waals surface area contributed by atoms with Crippen molar-refractivity contribution in [2.75, 3.05) is 6.54 Å². The molecule has 0 aliphatic carbocycles. The molecule has 0 amide bonds. The van der Waals surface area contributed by atoms with Crippen LogP contribution in [0.4, 0.5) is 0 Å². The maximum atomic E-state index is 3.70. The highest BCUT2D eigenvalue weighted by molar-refractivity contribution is 5.18. The quantitative estimate of drug-likeness (QED) is 0.678.